The van der Waals surface area contributed by atoms with Crippen LogP contribution in [0.2, 0.25) is 0 Å². The molecular formula is C3H6F3NO2S. The molecule has 3 nitrogen and oxygen atoms in total. The van der Waals surface area contributed by atoms with E-state index in [4.69, 9.17) is 0 Å². The summed E-state index contributed by atoms with van der Waals surface area (Å²) < 4.78 is 53.7. The summed E-state index contributed by atoms with van der Waals surface area (Å²) >= 11 is 0. The molecule has 0 fully saturated rings. The van der Waals surface area contributed by atoms with E-state index in [1.807, 2.05) is 0 Å². The van der Waals surface area contributed by atoms with Gasteiger partial charge in [0.05, 0.1) is 12.2 Å². The highest BCUT2D eigenvalue weighted by molar-refractivity contribution is 7.89. The predicted molar refractivity (Wildman–Crippen MR) is 28.6 cm³/mol. The number of alkyl halides is 3. The van der Waals surface area contributed by atoms with E-state index in [-0.39, 0.29) is 0 Å². The van der Waals surface area contributed by atoms with E-state index in [0.717, 1.165) is 0 Å². The number of sulfonamides is 1. The predicted octanol–water partition coefficient (Wildman–Crippen LogP) is 0.227. The molecule has 0 saturated heterocycles. The van der Waals surface area contributed by atoms with Gasteiger partial charge in [-0.05, 0) is 0 Å². The molecule has 0 aliphatic carbocycles. The molecule has 0 aliphatic heterocycles. The molecule has 0 aromatic carbocycles. The van der Waals surface area contributed by atoms with Crippen molar-refractivity contribution in [2.75, 3.05) is 5.75 Å². The number of rotatable bonds is 2. The molecule has 0 aliphatic rings. The van der Waals surface area contributed by atoms with Gasteiger partial charge in [-0.15, -0.1) is 0 Å². The number of nitrogens with two attached hydrogens (primary N) is 1. The smallest absolute Gasteiger partial charge is 0.229 e. The molecule has 0 radical (unpaired) electrons. The molecule has 2 N–H and O–H groups in total. The minimum Gasteiger partial charge on any atom is -0.229 e. The van der Waals surface area contributed by atoms with Crippen LogP contribution in [-0.4, -0.2) is 20.3 Å². The third kappa shape index (κ3) is 7.70. The lowest BCUT2D eigenvalue weighted by Gasteiger charge is -2.02. The highest BCUT2D eigenvalue weighted by atomic mass is 32.2. The molecule has 0 amide bonds. The average molecular weight is 177 g/mol. The minimum absolute atomic E-state index is 1.05. The van der Waals surface area contributed by atoms with E-state index in [0.29, 0.717) is 0 Å². The fourth-order valence-corrected chi connectivity index (χ4v) is 0.774. The molecular weight excluding hydrogens is 171 g/mol. The Morgan fingerprint density at radius 1 is 1.30 bits per heavy atom. The van der Waals surface area contributed by atoms with Gasteiger partial charge >= 0.3 is 6.18 Å². The van der Waals surface area contributed by atoms with Gasteiger partial charge in [-0.3, -0.25) is 0 Å². The van der Waals surface area contributed by atoms with Crippen LogP contribution < -0.4 is 5.14 Å². The summed E-state index contributed by atoms with van der Waals surface area (Å²) in [6.07, 6.45) is -5.84. The molecule has 0 saturated carbocycles. The number of hydrogen-bond donors (Lipinski definition) is 1. The summed E-state index contributed by atoms with van der Waals surface area (Å²) in [4.78, 5) is 0. The molecule has 62 valence electrons. The van der Waals surface area contributed by atoms with Gasteiger partial charge in [0.1, 0.15) is 0 Å². The second-order valence-corrected chi connectivity index (χ2v) is 3.47. The molecule has 10 heavy (non-hydrogen) atoms. The van der Waals surface area contributed by atoms with Gasteiger partial charge in [0.15, 0.2) is 0 Å². The topological polar surface area (TPSA) is 60.2 Å². The summed E-state index contributed by atoms with van der Waals surface area (Å²) in [6, 6.07) is 0. The first-order chi connectivity index (χ1) is 4.21. The summed E-state index contributed by atoms with van der Waals surface area (Å²) in [5.41, 5.74) is 0. The molecule has 0 rings (SSSR count). The van der Waals surface area contributed by atoms with Crippen LogP contribution in [0.15, 0.2) is 0 Å². The Kier molecular flexibility index (Phi) is 2.67. The van der Waals surface area contributed by atoms with Crippen LogP contribution in [0.3, 0.4) is 0 Å². The average Bonchev–Trinajstić information content (AvgIpc) is 1.57. The molecule has 0 bridgehead atoms. The Hall–Kier alpha value is -0.300. The van der Waals surface area contributed by atoms with Crippen LogP contribution in [-0.2, 0) is 10.0 Å². The number of halogens is 3. The molecule has 0 atom stereocenters. The van der Waals surface area contributed by atoms with Gasteiger partial charge < -0.3 is 0 Å². The normalized spacial score (nSPS) is 13.6. The van der Waals surface area contributed by atoms with Gasteiger partial charge in [0.2, 0.25) is 10.0 Å². The standard InChI is InChI=1S/C3H6F3NO2S/c4-3(5,6)1-2-10(7,8)9/h1-2H2,(H2,7,8,9). The van der Waals surface area contributed by atoms with Crippen molar-refractivity contribution in [3.05, 3.63) is 0 Å². The first kappa shape index (κ1) is 9.70. The fraction of sp³-hybridized carbons (Fsp3) is 1.00. The van der Waals surface area contributed by atoms with Gasteiger partial charge in [-0.25, -0.2) is 13.6 Å². The van der Waals surface area contributed by atoms with Crippen molar-refractivity contribution in [3.63, 3.8) is 0 Å². The SMILES string of the molecule is NS(=O)(=O)CCC(F)(F)F. The Morgan fingerprint density at radius 2 is 1.70 bits per heavy atom. The fourth-order valence-electron chi connectivity index (χ4n) is 0.258. The van der Waals surface area contributed by atoms with Crippen LogP contribution in [0.25, 0.3) is 0 Å². The van der Waals surface area contributed by atoms with E-state index in [1.165, 1.54) is 0 Å². The maximum absolute atomic E-state index is 11.3. The van der Waals surface area contributed by atoms with E-state index < -0.39 is 28.4 Å². The lowest BCUT2D eigenvalue weighted by atomic mass is 10.5. The molecule has 0 aromatic rings. The van der Waals surface area contributed by atoms with Crippen molar-refractivity contribution in [3.8, 4) is 0 Å². The number of hydrogen-bond acceptors (Lipinski definition) is 2. The van der Waals surface area contributed by atoms with Crippen LogP contribution in [0, 0.1) is 0 Å². The second-order valence-electron chi connectivity index (χ2n) is 1.73. The van der Waals surface area contributed by atoms with Gasteiger partial charge in [-0.2, -0.15) is 13.2 Å². The van der Waals surface area contributed by atoms with Crippen molar-refractivity contribution < 1.29 is 21.6 Å². The lowest BCUT2D eigenvalue weighted by molar-refractivity contribution is -0.129. The second kappa shape index (κ2) is 2.75. The van der Waals surface area contributed by atoms with Crippen LogP contribution in [0.4, 0.5) is 13.2 Å². The Morgan fingerprint density at radius 3 is 1.80 bits per heavy atom. The van der Waals surface area contributed by atoms with Crippen LogP contribution in [0.5, 0.6) is 0 Å². The van der Waals surface area contributed by atoms with E-state index in [9.17, 15) is 21.6 Å². The van der Waals surface area contributed by atoms with Gasteiger partial charge in [-0.1, -0.05) is 0 Å². The monoisotopic (exact) mass is 177 g/mol. The Bertz CT molecular complexity index is 194. The number of primary sulfonamides is 1. The Labute approximate surface area is 56.1 Å². The van der Waals surface area contributed by atoms with Crippen molar-refractivity contribution >= 4 is 10.0 Å². The largest absolute Gasteiger partial charge is 0.390 e. The quantitative estimate of drug-likeness (QED) is 0.656. The third-order valence-electron chi connectivity index (χ3n) is 0.670. The molecule has 7 heteroatoms. The highest BCUT2D eigenvalue weighted by Gasteiger charge is 2.28. The molecule has 0 heterocycles. The van der Waals surface area contributed by atoms with E-state index >= 15 is 0 Å². The van der Waals surface area contributed by atoms with Crippen molar-refractivity contribution in [1.29, 1.82) is 0 Å². The van der Waals surface area contributed by atoms with Gasteiger partial charge in [0.25, 0.3) is 0 Å². The first-order valence-electron chi connectivity index (χ1n) is 2.28. The summed E-state index contributed by atoms with van der Waals surface area (Å²) in [6.45, 7) is 0. The summed E-state index contributed by atoms with van der Waals surface area (Å²) in [5, 5.41) is 4.31. The lowest BCUT2D eigenvalue weighted by Crippen LogP contribution is -2.21. The van der Waals surface area contributed by atoms with Crippen LogP contribution in [0.1, 0.15) is 6.42 Å². The van der Waals surface area contributed by atoms with Gasteiger partial charge in [0, 0.05) is 0 Å². The van der Waals surface area contributed by atoms with Crippen molar-refractivity contribution in [2.45, 2.75) is 12.6 Å². The maximum Gasteiger partial charge on any atom is 0.390 e. The molecule has 0 spiro atoms. The Balaban J connectivity index is 3.79. The van der Waals surface area contributed by atoms with Crippen molar-refractivity contribution in [1.82, 2.24) is 0 Å². The first-order valence-corrected chi connectivity index (χ1v) is 3.99. The zero-order valence-electron chi connectivity index (χ0n) is 4.85. The molecule has 0 unspecified atom stereocenters. The molecule has 0 aromatic heterocycles. The zero-order valence-corrected chi connectivity index (χ0v) is 5.67. The van der Waals surface area contributed by atoms with Crippen molar-refractivity contribution in [2.24, 2.45) is 5.14 Å². The van der Waals surface area contributed by atoms with E-state index in [1.54, 1.807) is 0 Å². The van der Waals surface area contributed by atoms with Crippen LogP contribution >= 0.6 is 0 Å². The third-order valence-corrected chi connectivity index (χ3v) is 1.44. The zero-order chi connectivity index (χ0) is 8.41. The summed E-state index contributed by atoms with van der Waals surface area (Å²) in [7, 11) is -3.98. The summed E-state index contributed by atoms with van der Waals surface area (Å²) in [5.74, 6) is -1.05. The maximum atomic E-state index is 11.3. The minimum atomic E-state index is -4.45. The highest BCUT2D eigenvalue weighted by Crippen LogP contribution is 2.19. The van der Waals surface area contributed by atoms with E-state index in [2.05, 4.69) is 5.14 Å².